The lowest BCUT2D eigenvalue weighted by molar-refractivity contribution is -0.134. The largest absolute Gasteiger partial charge is 0.507 e. The Kier molecular flexibility index (Phi) is 8.36. The van der Waals surface area contributed by atoms with E-state index in [4.69, 9.17) is 10.5 Å². The summed E-state index contributed by atoms with van der Waals surface area (Å²) in [5, 5.41) is 30.0. The highest BCUT2D eigenvalue weighted by Gasteiger charge is 2.37. The number of nitrogens with two attached hydrogens (primary N) is 1. The maximum absolute atomic E-state index is 12.7. The van der Waals surface area contributed by atoms with Crippen molar-refractivity contribution in [3.05, 3.63) is 60.3 Å². The molecule has 0 unspecified atom stereocenters. The van der Waals surface area contributed by atoms with Crippen LogP contribution < -0.4 is 20.7 Å². The highest BCUT2D eigenvalue weighted by atomic mass is 16.5. The number of aromatic nitrogens is 5. The molecule has 13 heteroatoms. The lowest BCUT2D eigenvalue weighted by atomic mass is 9.80. The molecule has 2 saturated heterocycles. The number of ether oxygens (including phenoxy) is 1. The summed E-state index contributed by atoms with van der Waals surface area (Å²) in [5.74, 6) is 1.32. The second-order valence-electron chi connectivity index (χ2n) is 13.6. The number of hydrogen-bond acceptors (Lipinski definition) is 11. The molecule has 5 heterocycles. The third-order valence-electron chi connectivity index (χ3n) is 10.8. The Labute approximate surface area is 284 Å². The van der Waals surface area contributed by atoms with Gasteiger partial charge in [0.2, 0.25) is 11.8 Å². The number of para-hydroxylation sites is 2. The molecule has 3 fully saturated rings. The predicted molar refractivity (Wildman–Crippen MR) is 183 cm³/mol. The normalized spacial score (nSPS) is 23.5. The number of fused-ring (bicyclic) bond motifs is 1. The highest BCUT2D eigenvalue weighted by Crippen LogP contribution is 2.45. The van der Waals surface area contributed by atoms with Crippen LogP contribution in [-0.4, -0.2) is 85.3 Å². The molecule has 1 aliphatic carbocycles. The molecule has 13 nitrogen and oxygen atoms in total. The number of anilines is 2. The second-order valence-corrected chi connectivity index (χ2v) is 13.6. The van der Waals surface area contributed by atoms with Crippen LogP contribution in [0.1, 0.15) is 68.9 Å². The lowest BCUT2D eigenvalue weighted by Gasteiger charge is -2.42. The number of rotatable bonds is 6. The molecule has 1 saturated carbocycles. The maximum Gasteiger partial charge on any atom is 0.249 e. The summed E-state index contributed by atoms with van der Waals surface area (Å²) in [5.41, 5.74) is 10.8. The van der Waals surface area contributed by atoms with Crippen molar-refractivity contribution in [1.82, 2.24) is 35.4 Å². The predicted octanol–water partition coefficient (Wildman–Crippen LogP) is 4.06. The second kappa shape index (κ2) is 13.1. The molecule has 4 N–H and O–H groups in total. The van der Waals surface area contributed by atoms with Gasteiger partial charge in [-0.3, -0.25) is 14.9 Å². The molecule has 0 spiro atoms. The molecule has 254 valence electrons. The number of aromatic hydroxyl groups is 1. The number of nitrogen functional groups attached to an aromatic ring is 1. The van der Waals surface area contributed by atoms with Gasteiger partial charge in [-0.15, -0.1) is 15.3 Å². The zero-order valence-electron chi connectivity index (χ0n) is 27.4. The summed E-state index contributed by atoms with van der Waals surface area (Å²) in [4.78, 5) is 29.2. The van der Waals surface area contributed by atoms with Crippen molar-refractivity contribution < 1.29 is 19.4 Å². The third-order valence-corrected chi connectivity index (χ3v) is 10.8. The van der Waals surface area contributed by atoms with Crippen LogP contribution in [0.3, 0.4) is 0 Å². The number of carbonyl (C=O) groups is 2. The highest BCUT2D eigenvalue weighted by molar-refractivity contribution is 6.02. The number of nitrogens with zero attached hydrogens (tertiary/aromatic N) is 7. The van der Waals surface area contributed by atoms with Gasteiger partial charge in [-0.05, 0) is 80.7 Å². The average Bonchev–Trinajstić information content (AvgIpc) is 3.62. The molecule has 1 atom stereocenters. The Bertz CT molecular complexity index is 1860. The summed E-state index contributed by atoms with van der Waals surface area (Å²) >= 11 is 0. The minimum absolute atomic E-state index is 0.128. The molecule has 4 aliphatic rings. The molecule has 8 rings (SSSR count). The maximum atomic E-state index is 12.7. The fraction of sp³-hybridized carbons (Fsp3) is 0.444. The fourth-order valence-electron chi connectivity index (χ4n) is 8.19. The number of amides is 2. The van der Waals surface area contributed by atoms with Crippen LogP contribution in [0.25, 0.3) is 22.5 Å². The van der Waals surface area contributed by atoms with Crippen molar-refractivity contribution in [3.63, 3.8) is 0 Å². The Balaban J connectivity index is 0.884. The Morgan fingerprint density at radius 2 is 1.65 bits per heavy atom. The third kappa shape index (κ3) is 6.07. The smallest absolute Gasteiger partial charge is 0.249 e. The van der Waals surface area contributed by atoms with E-state index in [0.29, 0.717) is 60.5 Å². The number of piperidine rings is 2. The van der Waals surface area contributed by atoms with Crippen LogP contribution in [0.15, 0.2) is 54.7 Å². The van der Waals surface area contributed by atoms with Gasteiger partial charge < -0.3 is 25.4 Å². The number of hydrogen-bond donors (Lipinski definition) is 3. The van der Waals surface area contributed by atoms with Crippen molar-refractivity contribution >= 4 is 23.3 Å². The van der Waals surface area contributed by atoms with Crippen LogP contribution >= 0.6 is 0 Å². The fourth-order valence-corrected chi connectivity index (χ4v) is 8.19. The monoisotopic (exact) mass is 663 g/mol. The molecule has 3 aliphatic heterocycles. The zero-order chi connectivity index (χ0) is 33.5. The van der Waals surface area contributed by atoms with Crippen LogP contribution in [0.5, 0.6) is 11.5 Å². The molecule has 2 amide bonds. The van der Waals surface area contributed by atoms with E-state index in [1.165, 1.54) is 5.56 Å². The molecule has 4 aromatic rings. The topological polar surface area (TPSA) is 165 Å². The minimum Gasteiger partial charge on any atom is -0.507 e. The van der Waals surface area contributed by atoms with E-state index in [-0.39, 0.29) is 35.5 Å². The number of nitrogens with one attached hydrogen (secondary N) is 1. The summed E-state index contributed by atoms with van der Waals surface area (Å²) in [7, 11) is 0. The summed E-state index contributed by atoms with van der Waals surface area (Å²) < 4.78 is 8.22. The first-order valence-corrected chi connectivity index (χ1v) is 17.4. The van der Waals surface area contributed by atoms with Gasteiger partial charge in [0.25, 0.3) is 0 Å². The quantitative estimate of drug-likeness (QED) is 0.255. The Morgan fingerprint density at radius 1 is 0.837 bits per heavy atom. The van der Waals surface area contributed by atoms with Crippen LogP contribution in [0.2, 0.25) is 0 Å². The van der Waals surface area contributed by atoms with Gasteiger partial charge in [0, 0.05) is 36.7 Å². The molecular formula is C36H41N9O4. The van der Waals surface area contributed by atoms with Crippen LogP contribution in [0, 0.1) is 0 Å². The Hall–Kier alpha value is -5.04. The SMILES string of the molecule is Nc1nnc(-c2ccccc2O)cc1-c1cn(C2CCN(C3CCC(c4cccc5c4OCCN5[C@@H]4CCC(=O)NC4=O)CC3)CC2)nn1. The van der Waals surface area contributed by atoms with Gasteiger partial charge in [-0.25, -0.2) is 4.68 Å². The van der Waals surface area contributed by atoms with Crippen molar-refractivity contribution in [2.75, 3.05) is 36.9 Å². The van der Waals surface area contributed by atoms with Crippen LogP contribution in [-0.2, 0) is 9.59 Å². The van der Waals surface area contributed by atoms with Gasteiger partial charge in [0.15, 0.2) is 5.82 Å². The van der Waals surface area contributed by atoms with Gasteiger partial charge in [-0.2, -0.15) is 0 Å². The standard InChI is InChI=1S/C36H41N9O4/c37-35-27(20-28(39-41-35)26-4-1-2-7-32(26)46)29-21-45(42-40-29)24-14-16-43(17-15-24)23-10-8-22(9-11-23)25-5-3-6-30-34(25)49-19-18-44(30)31-12-13-33(47)38-36(31)48/h1-7,20-24,31,46H,8-19H2,(H2,37,41)(H,38,47,48)/t22?,23?,31-/m1/s1. The first-order valence-electron chi connectivity index (χ1n) is 17.4. The van der Waals surface area contributed by atoms with E-state index >= 15 is 0 Å². The number of likely N-dealkylation sites (tertiary alicyclic amines) is 1. The first-order chi connectivity index (χ1) is 23.9. The number of carbonyl (C=O) groups excluding carboxylic acids is 2. The average molecular weight is 664 g/mol. The van der Waals surface area contributed by atoms with Crippen molar-refractivity contribution in [3.8, 4) is 34.0 Å². The first kappa shape index (κ1) is 31.2. The minimum atomic E-state index is -0.341. The zero-order valence-corrected chi connectivity index (χ0v) is 27.4. The number of imide groups is 1. The van der Waals surface area contributed by atoms with Gasteiger partial charge in [0.05, 0.1) is 30.2 Å². The van der Waals surface area contributed by atoms with Crippen molar-refractivity contribution in [2.24, 2.45) is 0 Å². The van der Waals surface area contributed by atoms with Gasteiger partial charge in [-0.1, -0.05) is 29.5 Å². The molecule has 0 radical (unpaired) electrons. The molecule has 2 aromatic heterocycles. The molecule has 2 aromatic carbocycles. The van der Waals surface area contributed by atoms with Gasteiger partial charge in [0.1, 0.15) is 29.8 Å². The van der Waals surface area contributed by atoms with Crippen molar-refractivity contribution in [1.29, 1.82) is 0 Å². The van der Waals surface area contributed by atoms with E-state index in [1.54, 1.807) is 24.3 Å². The number of benzene rings is 2. The van der Waals surface area contributed by atoms with E-state index in [9.17, 15) is 14.7 Å². The summed E-state index contributed by atoms with van der Waals surface area (Å²) in [6.45, 7) is 3.19. The van der Waals surface area contributed by atoms with E-state index in [1.807, 2.05) is 23.0 Å². The molecule has 49 heavy (non-hydrogen) atoms. The lowest BCUT2D eigenvalue weighted by Crippen LogP contribution is -2.54. The summed E-state index contributed by atoms with van der Waals surface area (Å²) in [6.07, 6.45) is 9.29. The Morgan fingerprint density at radius 3 is 2.45 bits per heavy atom. The number of phenolic OH excluding ortho intramolecular Hbond substituents is 1. The van der Waals surface area contributed by atoms with Gasteiger partial charge >= 0.3 is 0 Å². The van der Waals surface area contributed by atoms with E-state index in [0.717, 1.165) is 63.1 Å². The van der Waals surface area contributed by atoms with Crippen molar-refractivity contribution in [2.45, 2.75) is 75.4 Å². The van der Waals surface area contributed by atoms with E-state index < -0.39 is 0 Å². The molecule has 0 bridgehead atoms. The number of phenols is 1. The van der Waals surface area contributed by atoms with Crippen LogP contribution in [0.4, 0.5) is 11.5 Å². The molecular weight excluding hydrogens is 622 g/mol. The summed E-state index contributed by atoms with van der Waals surface area (Å²) in [6, 6.07) is 15.6. The van der Waals surface area contributed by atoms with E-state index in [2.05, 4.69) is 47.8 Å².